The number of alkyl halides is 1. The van der Waals surface area contributed by atoms with E-state index in [0.717, 1.165) is 31.2 Å². The Kier molecular flexibility index (Phi) is 6.68. The molecule has 0 spiro atoms. The molecule has 0 bridgehead atoms. The van der Waals surface area contributed by atoms with E-state index in [0.29, 0.717) is 5.56 Å². The third-order valence-corrected chi connectivity index (χ3v) is 5.41. The van der Waals surface area contributed by atoms with Crippen molar-refractivity contribution < 1.29 is 14.0 Å². The number of hydrogen-bond acceptors (Lipinski definition) is 2. The molecule has 1 aliphatic carbocycles. The Morgan fingerprint density at radius 3 is 2.43 bits per heavy atom. The van der Waals surface area contributed by atoms with Crippen LogP contribution in [0.4, 0.5) is 10.1 Å². The van der Waals surface area contributed by atoms with Crippen molar-refractivity contribution in [3.63, 3.8) is 0 Å². The van der Waals surface area contributed by atoms with Gasteiger partial charge in [-0.15, -0.1) is 11.6 Å². The smallest absolute Gasteiger partial charge is 0.248 e. The van der Waals surface area contributed by atoms with Crippen molar-refractivity contribution in [3.05, 3.63) is 65.5 Å². The molecule has 6 heteroatoms. The summed E-state index contributed by atoms with van der Waals surface area (Å²) in [4.78, 5) is 27.3. The monoisotopic (exact) mass is 402 g/mol. The highest BCUT2D eigenvalue weighted by Gasteiger charge is 2.35. The predicted molar refractivity (Wildman–Crippen MR) is 109 cm³/mol. The summed E-state index contributed by atoms with van der Waals surface area (Å²) in [6.45, 7) is 1.87. The average molecular weight is 403 g/mol. The first kappa shape index (κ1) is 20.3. The summed E-state index contributed by atoms with van der Waals surface area (Å²) in [6, 6.07) is 12.4. The van der Waals surface area contributed by atoms with Crippen molar-refractivity contribution in [2.75, 3.05) is 10.8 Å². The standard InChI is InChI=1S/C22H24ClFN2O2/c1-15-8-2-5-11-17(15)21(22(28)25-16-9-3-4-10-16)26(20(27)14-23)19-13-7-6-12-18(19)24/h2,5-8,11-13,16,21H,3-4,9-10,14H2,1H3,(H,25,28). The number of hydrogen-bond donors (Lipinski definition) is 1. The minimum Gasteiger partial charge on any atom is -0.351 e. The second-order valence-corrected chi connectivity index (χ2v) is 7.37. The number of carbonyl (C=O) groups excluding carboxylic acids is 2. The lowest BCUT2D eigenvalue weighted by molar-refractivity contribution is -0.126. The highest BCUT2D eigenvalue weighted by atomic mass is 35.5. The lowest BCUT2D eigenvalue weighted by Crippen LogP contribution is -2.47. The van der Waals surface area contributed by atoms with Gasteiger partial charge in [-0.1, -0.05) is 49.2 Å². The van der Waals surface area contributed by atoms with Crippen LogP contribution in [0.3, 0.4) is 0 Å². The van der Waals surface area contributed by atoms with Crippen LogP contribution in [0.25, 0.3) is 0 Å². The zero-order chi connectivity index (χ0) is 20.1. The summed E-state index contributed by atoms with van der Waals surface area (Å²) in [6.07, 6.45) is 3.96. The Morgan fingerprint density at radius 2 is 1.79 bits per heavy atom. The Balaban J connectivity index is 2.09. The van der Waals surface area contributed by atoms with Crippen LogP contribution in [0, 0.1) is 12.7 Å². The fourth-order valence-electron chi connectivity index (χ4n) is 3.77. The fourth-order valence-corrected chi connectivity index (χ4v) is 3.90. The van der Waals surface area contributed by atoms with E-state index in [1.807, 2.05) is 25.1 Å². The Morgan fingerprint density at radius 1 is 1.14 bits per heavy atom. The summed E-state index contributed by atoms with van der Waals surface area (Å²) in [5.74, 6) is -1.77. The molecular formula is C22H24ClFN2O2. The number of aryl methyl sites for hydroxylation is 1. The quantitative estimate of drug-likeness (QED) is 0.723. The highest BCUT2D eigenvalue weighted by molar-refractivity contribution is 6.29. The first-order valence-electron chi connectivity index (χ1n) is 9.51. The summed E-state index contributed by atoms with van der Waals surface area (Å²) in [5, 5.41) is 3.05. The summed E-state index contributed by atoms with van der Waals surface area (Å²) in [7, 11) is 0. The Hall–Kier alpha value is -2.40. The Labute approximate surface area is 169 Å². The van der Waals surface area contributed by atoms with E-state index in [4.69, 9.17) is 11.6 Å². The number of benzene rings is 2. The molecule has 1 fully saturated rings. The van der Waals surface area contributed by atoms with Gasteiger partial charge in [-0.05, 0) is 43.0 Å². The fraction of sp³-hybridized carbons (Fsp3) is 0.364. The third-order valence-electron chi connectivity index (χ3n) is 5.19. The zero-order valence-electron chi connectivity index (χ0n) is 15.8. The van der Waals surface area contributed by atoms with Crippen LogP contribution in [-0.2, 0) is 9.59 Å². The van der Waals surface area contributed by atoms with Gasteiger partial charge in [0.2, 0.25) is 11.8 Å². The molecule has 0 radical (unpaired) electrons. The van der Waals surface area contributed by atoms with Crippen LogP contribution < -0.4 is 10.2 Å². The lowest BCUT2D eigenvalue weighted by atomic mass is 9.97. The normalized spacial score (nSPS) is 15.2. The average Bonchev–Trinajstić information content (AvgIpc) is 3.20. The minimum atomic E-state index is -0.995. The van der Waals surface area contributed by atoms with Crippen molar-refractivity contribution in [1.29, 1.82) is 0 Å². The molecule has 0 saturated heterocycles. The highest BCUT2D eigenvalue weighted by Crippen LogP contribution is 2.32. The SMILES string of the molecule is Cc1ccccc1C(C(=O)NC1CCCC1)N(C(=O)CCl)c1ccccc1F. The summed E-state index contributed by atoms with van der Waals surface area (Å²) >= 11 is 5.85. The molecule has 2 aromatic rings. The van der Waals surface area contributed by atoms with E-state index in [2.05, 4.69) is 5.32 Å². The molecule has 1 atom stereocenters. The van der Waals surface area contributed by atoms with Crippen molar-refractivity contribution in [2.45, 2.75) is 44.7 Å². The molecule has 1 N–H and O–H groups in total. The number of nitrogens with zero attached hydrogens (tertiary/aromatic N) is 1. The summed E-state index contributed by atoms with van der Waals surface area (Å²) < 4.78 is 14.6. The number of rotatable bonds is 6. The molecule has 2 aromatic carbocycles. The predicted octanol–water partition coefficient (Wildman–Crippen LogP) is 4.51. The molecule has 1 saturated carbocycles. The molecule has 148 valence electrons. The largest absolute Gasteiger partial charge is 0.351 e. The second kappa shape index (κ2) is 9.20. The van der Waals surface area contributed by atoms with Crippen molar-refractivity contribution in [3.8, 4) is 0 Å². The molecule has 0 aromatic heterocycles. The molecule has 0 aliphatic heterocycles. The van der Waals surface area contributed by atoms with Gasteiger partial charge in [0.1, 0.15) is 17.7 Å². The van der Waals surface area contributed by atoms with E-state index in [1.54, 1.807) is 18.2 Å². The van der Waals surface area contributed by atoms with Gasteiger partial charge in [-0.3, -0.25) is 14.5 Å². The van der Waals surface area contributed by atoms with Gasteiger partial charge >= 0.3 is 0 Å². The van der Waals surface area contributed by atoms with E-state index < -0.39 is 17.8 Å². The maximum absolute atomic E-state index is 14.6. The van der Waals surface area contributed by atoms with E-state index in [-0.39, 0.29) is 23.5 Å². The maximum Gasteiger partial charge on any atom is 0.248 e. The molecule has 28 heavy (non-hydrogen) atoms. The molecule has 4 nitrogen and oxygen atoms in total. The first-order valence-corrected chi connectivity index (χ1v) is 10.0. The minimum absolute atomic E-state index is 0.0444. The third kappa shape index (κ3) is 4.36. The van der Waals surface area contributed by atoms with E-state index in [1.165, 1.54) is 17.0 Å². The van der Waals surface area contributed by atoms with Crippen LogP contribution in [0.15, 0.2) is 48.5 Å². The number of halogens is 2. The number of anilines is 1. The van der Waals surface area contributed by atoms with Gasteiger partial charge in [0.25, 0.3) is 0 Å². The number of nitrogens with one attached hydrogen (secondary N) is 1. The molecular weight excluding hydrogens is 379 g/mol. The molecule has 1 aliphatic rings. The van der Waals surface area contributed by atoms with Gasteiger partial charge in [0.05, 0.1) is 5.69 Å². The van der Waals surface area contributed by atoms with Gasteiger partial charge in [-0.25, -0.2) is 4.39 Å². The number of carbonyl (C=O) groups is 2. The number of para-hydroxylation sites is 1. The van der Waals surface area contributed by atoms with Crippen LogP contribution in [-0.4, -0.2) is 23.7 Å². The van der Waals surface area contributed by atoms with Gasteiger partial charge in [0, 0.05) is 6.04 Å². The van der Waals surface area contributed by atoms with Gasteiger partial charge in [-0.2, -0.15) is 0 Å². The van der Waals surface area contributed by atoms with Crippen LogP contribution >= 0.6 is 11.6 Å². The first-order chi connectivity index (χ1) is 13.5. The van der Waals surface area contributed by atoms with Crippen molar-refractivity contribution in [2.24, 2.45) is 0 Å². The van der Waals surface area contributed by atoms with Gasteiger partial charge < -0.3 is 5.32 Å². The number of amides is 2. The van der Waals surface area contributed by atoms with E-state index in [9.17, 15) is 14.0 Å². The van der Waals surface area contributed by atoms with Crippen molar-refractivity contribution >= 4 is 29.1 Å². The van der Waals surface area contributed by atoms with Crippen LogP contribution in [0.2, 0.25) is 0 Å². The van der Waals surface area contributed by atoms with Crippen molar-refractivity contribution in [1.82, 2.24) is 5.32 Å². The topological polar surface area (TPSA) is 49.4 Å². The van der Waals surface area contributed by atoms with Crippen LogP contribution in [0.1, 0.15) is 42.9 Å². The zero-order valence-corrected chi connectivity index (χ0v) is 16.6. The molecule has 0 heterocycles. The molecule has 2 amide bonds. The van der Waals surface area contributed by atoms with Gasteiger partial charge in [0.15, 0.2) is 0 Å². The maximum atomic E-state index is 14.6. The van der Waals surface area contributed by atoms with Crippen LogP contribution in [0.5, 0.6) is 0 Å². The van der Waals surface area contributed by atoms with E-state index >= 15 is 0 Å². The lowest BCUT2D eigenvalue weighted by Gasteiger charge is -2.32. The second-order valence-electron chi connectivity index (χ2n) is 7.10. The Bertz CT molecular complexity index is 852. The molecule has 1 unspecified atom stereocenters. The molecule has 3 rings (SSSR count). The summed E-state index contributed by atoms with van der Waals surface area (Å²) in [5.41, 5.74) is 1.54.